The highest BCUT2D eigenvalue weighted by atomic mass is 35.5. The topological polar surface area (TPSA) is 62.6 Å². The summed E-state index contributed by atoms with van der Waals surface area (Å²) in [6, 6.07) is 13.0. The number of rotatable bonds is 3. The van der Waals surface area contributed by atoms with Crippen LogP contribution in [-0.4, -0.2) is 11.8 Å². The molecule has 146 valence electrons. The highest BCUT2D eigenvalue weighted by Crippen LogP contribution is 2.31. The number of furan rings is 1. The van der Waals surface area contributed by atoms with Crippen LogP contribution in [0.1, 0.15) is 5.76 Å². The van der Waals surface area contributed by atoms with E-state index in [1.165, 1.54) is 18.2 Å². The van der Waals surface area contributed by atoms with Gasteiger partial charge in [0.2, 0.25) is 0 Å². The molecule has 2 aromatic carbocycles. The third-order valence-corrected chi connectivity index (χ3v) is 5.65. The number of amides is 2. The van der Waals surface area contributed by atoms with Gasteiger partial charge in [-0.2, -0.15) is 0 Å². The van der Waals surface area contributed by atoms with Crippen molar-refractivity contribution in [2.75, 3.05) is 5.01 Å². The summed E-state index contributed by atoms with van der Waals surface area (Å²) in [4.78, 5) is 25.0. The second-order valence-corrected chi connectivity index (χ2v) is 7.70. The van der Waals surface area contributed by atoms with E-state index in [0.717, 1.165) is 5.01 Å². The van der Waals surface area contributed by atoms with Gasteiger partial charge in [-0.3, -0.25) is 15.0 Å². The number of hydrazine groups is 1. The van der Waals surface area contributed by atoms with Crippen LogP contribution >= 0.6 is 46.4 Å². The van der Waals surface area contributed by atoms with Crippen molar-refractivity contribution in [1.82, 2.24) is 5.43 Å². The predicted molar refractivity (Wildman–Crippen MR) is 114 cm³/mol. The van der Waals surface area contributed by atoms with Crippen LogP contribution < -0.4 is 10.4 Å². The Morgan fingerprint density at radius 1 is 0.828 bits per heavy atom. The van der Waals surface area contributed by atoms with E-state index in [2.05, 4.69) is 5.43 Å². The summed E-state index contributed by atoms with van der Waals surface area (Å²) in [6.45, 7) is 0. The fraction of sp³-hybridized carbons (Fsp3) is 0. The normalized spacial score (nSPS) is 15.3. The number of hydrogen-bond donors (Lipinski definition) is 1. The molecule has 0 radical (unpaired) electrons. The number of hydrogen-bond acceptors (Lipinski definition) is 3. The number of carbonyl (C=O) groups excluding carboxylic acids is 2. The Labute approximate surface area is 185 Å². The standard InChI is InChI=1S/C20H10Cl4N2O3/c21-14-4-1-10(7-16(14)23)18-6-3-12(29-18)9-13-19(27)25-26(20(13)28)11-2-5-15(22)17(24)8-11/h1-9H,(H,25,27)/b13-9+. The van der Waals surface area contributed by atoms with Gasteiger partial charge in [0.1, 0.15) is 17.1 Å². The molecular formula is C20H10Cl4N2O3. The van der Waals surface area contributed by atoms with Crippen molar-refractivity contribution < 1.29 is 14.0 Å². The maximum atomic E-state index is 12.7. The molecule has 0 unspecified atom stereocenters. The van der Waals surface area contributed by atoms with Gasteiger partial charge >= 0.3 is 0 Å². The highest BCUT2D eigenvalue weighted by molar-refractivity contribution is 6.42. The van der Waals surface area contributed by atoms with Gasteiger partial charge in [-0.15, -0.1) is 0 Å². The lowest BCUT2D eigenvalue weighted by Crippen LogP contribution is -2.35. The van der Waals surface area contributed by atoms with Crippen LogP contribution in [0.4, 0.5) is 5.69 Å². The quantitative estimate of drug-likeness (QED) is 0.378. The van der Waals surface area contributed by atoms with Crippen molar-refractivity contribution in [1.29, 1.82) is 0 Å². The van der Waals surface area contributed by atoms with Crippen LogP contribution in [0.15, 0.2) is 58.5 Å². The average Bonchev–Trinajstić information content (AvgIpc) is 3.26. The van der Waals surface area contributed by atoms with Gasteiger partial charge in [0.05, 0.1) is 25.8 Å². The molecule has 0 spiro atoms. The number of anilines is 1. The Morgan fingerprint density at radius 3 is 2.21 bits per heavy atom. The van der Waals surface area contributed by atoms with Crippen LogP contribution in [0.5, 0.6) is 0 Å². The Bertz CT molecular complexity index is 1190. The predicted octanol–water partition coefficient (Wildman–Crippen LogP) is 6.02. The molecule has 5 nitrogen and oxygen atoms in total. The summed E-state index contributed by atoms with van der Waals surface area (Å²) >= 11 is 23.9. The van der Waals surface area contributed by atoms with Gasteiger partial charge in [0, 0.05) is 5.56 Å². The molecule has 2 heterocycles. The second kappa shape index (κ2) is 7.76. The van der Waals surface area contributed by atoms with Gasteiger partial charge in [0.15, 0.2) is 0 Å². The first kappa shape index (κ1) is 19.9. The monoisotopic (exact) mass is 466 g/mol. The largest absolute Gasteiger partial charge is 0.457 e. The lowest BCUT2D eigenvalue weighted by molar-refractivity contribution is -0.117. The zero-order chi connectivity index (χ0) is 20.7. The van der Waals surface area contributed by atoms with Crippen LogP contribution in [0, 0.1) is 0 Å². The van der Waals surface area contributed by atoms with Crippen molar-refractivity contribution in [3.05, 3.63) is 80.0 Å². The molecule has 1 aliphatic rings. The lowest BCUT2D eigenvalue weighted by Gasteiger charge is -2.15. The summed E-state index contributed by atoms with van der Waals surface area (Å²) in [6.07, 6.45) is 1.37. The smallest absolute Gasteiger partial charge is 0.282 e. The fourth-order valence-electron chi connectivity index (χ4n) is 2.74. The van der Waals surface area contributed by atoms with Crippen molar-refractivity contribution in [2.24, 2.45) is 0 Å². The first-order valence-corrected chi connectivity index (χ1v) is 9.72. The Morgan fingerprint density at radius 2 is 1.52 bits per heavy atom. The molecule has 0 saturated carbocycles. The summed E-state index contributed by atoms with van der Waals surface area (Å²) in [5.74, 6) is -0.252. The van der Waals surface area contributed by atoms with Crippen molar-refractivity contribution in [3.63, 3.8) is 0 Å². The number of nitrogens with one attached hydrogen (secondary N) is 1. The number of nitrogens with zero attached hydrogens (tertiary/aromatic N) is 1. The third kappa shape index (κ3) is 3.87. The van der Waals surface area contributed by atoms with Crippen LogP contribution in [0.3, 0.4) is 0 Å². The highest BCUT2D eigenvalue weighted by Gasteiger charge is 2.35. The van der Waals surface area contributed by atoms with Gasteiger partial charge in [0.25, 0.3) is 11.8 Å². The minimum atomic E-state index is -0.562. The minimum Gasteiger partial charge on any atom is -0.457 e. The SMILES string of the molecule is O=C1NN(c2ccc(Cl)c(Cl)c2)C(=O)/C1=C/c1ccc(-c2ccc(Cl)c(Cl)c2)o1. The van der Waals surface area contributed by atoms with E-state index in [-0.39, 0.29) is 10.6 Å². The van der Waals surface area contributed by atoms with Gasteiger partial charge in [-0.05, 0) is 54.6 Å². The van der Waals surface area contributed by atoms with E-state index in [9.17, 15) is 9.59 Å². The van der Waals surface area contributed by atoms with Crippen molar-refractivity contribution in [3.8, 4) is 11.3 Å². The van der Waals surface area contributed by atoms with Crippen LogP contribution in [-0.2, 0) is 9.59 Å². The minimum absolute atomic E-state index is 0.0777. The van der Waals surface area contributed by atoms with Gasteiger partial charge in [-0.25, -0.2) is 5.01 Å². The molecule has 1 saturated heterocycles. The molecule has 0 bridgehead atoms. The van der Waals surface area contributed by atoms with Crippen LogP contribution in [0.2, 0.25) is 20.1 Å². The molecule has 1 aromatic heterocycles. The molecule has 9 heteroatoms. The van der Waals surface area contributed by atoms with E-state index < -0.39 is 11.8 Å². The Hall–Kier alpha value is -2.44. The number of halogens is 4. The lowest BCUT2D eigenvalue weighted by atomic mass is 10.2. The van der Waals surface area contributed by atoms with E-state index in [0.29, 0.717) is 37.8 Å². The van der Waals surface area contributed by atoms with Gasteiger partial charge < -0.3 is 4.42 Å². The molecule has 1 fully saturated rings. The second-order valence-electron chi connectivity index (χ2n) is 6.07. The van der Waals surface area contributed by atoms with E-state index >= 15 is 0 Å². The molecule has 2 amide bonds. The van der Waals surface area contributed by atoms with Crippen molar-refractivity contribution in [2.45, 2.75) is 0 Å². The van der Waals surface area contributed by atoms with Gasteiger partial charge in [-0.1, -0.05) is 46.4 Å². The summed E-state index contributed by atoms with van der Waals surface area (Å²) in [5, 5.41) is 2.53. The molecular weight excluding hydrogens is 458 g/mol. The Balaban J connectivity index is 1.62. The maximum Gasteiger partial charge on any atom is 0.282 e. The third-order valence-electron chi connectivity index (χ3n) is 4.17. The Kier molecular flexibility index (Phi) is 5.32. The summed E-state index contributed by atoms with van der Waals surface area (Å²) in [7, 11) is 0. The maximum absolute atomic E-state index is 12.7. The molecule has 1 N–H and O–H groups in total. The zero-order valence-corrected chi connectivity index (χ0v) is 17.4. The fourth-order valence-corrected chi connectivity index (χ4v) is 3.33. The van der Waals surface area contributed by atoms with Crippen molar-refractivity contribution >= 4 is 70.0 Å². The molecule has 0 atom stereocenters. The number of carbonyl (C=O) groups is 2. The molecule has 1 aliphatic heterocycles. The molecule has 3 aromatic rings. The van der Waals surface area contributed by atoms with E-state index in [1.807, 2.05) is 0 Å². The summed E-state index contributed by atoms with van der Waals surface area (Å²) in [5.41, 5.74) is 3.51. The first-order chi connectivity index (χ1) is 13.8. The van der Waals surface area contributed by atoms with E-state index in [4.69, 9.17) is 50.8 Å². The van der Waals surface area contributed by atoms with E-state index in [1.54, 1.807) is 36.4 Å². The summed E-state index contributed by atoms with van der Waals surface area (Å²) < 4.78 is 5.73. The molecule has 0 aliphatic carbocycles. The molecule has 29 heavy (non-hydrogen) atoms. The number of benzene rings is 2. The molecule has 4 rings (SSSR count). The van der Waals surface area contributed by atoms with Crippen LogP contribution in [0.25, 0.3) is 17.4 Å². The zero-order valence-electron chi connectivity index (χ0n) is 14.4. The first-order valence-electron chi connectivity index (χ1n) is 8.21. The average molecular weight is 468 g/mol.